The van der Waals surface area contributed by atoms with Crippen LogP contribution in [0.2, 0.25) is 5.02 Å². The number of halogens is 3. The highest BCUT2D eigenvalue weighted by molar-refractivity contribution is 8.13. The molecule has 3 nitrogen and oxygen atoms in total. The third kappa shape index (κ3) is 4.68. The van der Waals surface area contributed by atoms with Gasteiger partial charge >= 0.3 is 0 Å². The minimum atomic E-state index is -3.62. The van der Waals surface area contributed by atoms with Crippen LogP contribution >= 0.6 is 22.3 Å². The van der Waals surface area contributed by atoms with E-state index < -0.39 is 14.9 Å². The number of rotatable bonds is 4. The Bertz CT molecular complexity index is 447. The Morgan fingerprint density at radius 2 is 2.07 bits per heavy atom. The van der Waals surface area contributed by atoms with Gasteiger partial charge < -0.3 is 4.74 Å². The second kappa shape index (κ2) is 5.01. The fraction of sp³-hybridized carbons (Fsp3) is 0.250. The van der Waals surface area contributed by atoms with E-state index in [2.05, 4.69) is 0 Å². The molecular formula is C8H7Cl2FO3S. The molecular weight excluding hydrogens is 266 g/mol. The molecule has 1 aromatic rings. The van der Waals surface area contributed by atoms with Gasteiger partial charge in [0.25, 0.3) is 0 Å². The molecule has 0 atom stereocenters. The summed E-state index contributed by atoms with van der Waals surface area (Å²) in [7, 11) is 1.33. The summed E-state index contributed by atoms with van der Waals surface area (Å²) >= 11 is 5.51. The Morgan fingerprint density at radius 1 is 1.40 bits per heavy atom. The van der Waals surface area contributed by atoms with Crippen molar-refractivity contribution in [3.63, 3.8) is 0 Å². The van der Waals surface area contributed by atoms with Crippen molar-refractivity contribution in [2.75, 3.05) is 12.4 Å². The number of benzene rings is 1. The van der Waals surface area contributed by atoms with Crippen LogP contribution in [0.15, 0.2) is 18.2 Å². The van der Waals surface area contributed by atoms with E-state index in [4.69, 9.17) is 27.0 Å². The normalized spacial score (nSPS) is 11.4. The molecule has 0 N–H and O–H groups in total. The van der Waals surface area contributed by atoms with Gasteiger partial charge in [0.2, 0.25) is 9.05 Å². The summed E-state index contributed by atoms with van der Waals surface area (Å²) in [6, 6.07) is 3.83. The molecule has 0 bridgehead atoms. The summed E-state index contributed by atoms with van der Waals surface area (Å²) < 4.78 is 39.0. The maximum atomic E-state index is 13.1. The number of hydrogen-bond acceptors (Lipinski definition) is 3. The minimum absolute atomic E-state index is 0.0558. The van der Waals surface area contributed by atoms with Gasteiger partial charge in [0, 0.05) is 15.7 Å². The third-order valence-corrected chi connectivity index (χ3v) is 2.83. The first-order chi connectivity index (χ1) is 6.88. The van der Waals surface area contributed by atoms with Crippen LogP contribution < -0.4 is 4.74 Å². The molecule has 0 saturated heterocycles. The molecule has 0 amide bonds. The minimum Gasteiger partial charge on any atom is -0.489 e. The summed E-state index contributed by atoms with van der Waals surface area (Å²) in [5.74, 6) is -1.08. The zero-order valence-electron chi connectivity index (χ0n) is 7.41. The number of ether oxygens (including phenoxy) is 1. The predicted molar refractivity (Wildman–Crippen MR) is 56.5 cm³/mol. The highest BCUT2D eigenvalue weighted by atomic mass is 35.7. The largest absolute Gasteiger partial charge is 0.489 e. The Hall–Kier alpha value is -0.520. The monoisotopic (exact) mass is 272 g/mol. The summed E-state index contributed by atoms with van der Waals surface area (Å²) in [6.45, 7) is -0.204. The van der Waals surface area contributed by atoms with Crippen LogP contribution in [-0.4, -0.2) is 20.8 Å². The Kier molecular flexibility index (Phi) is 4.19. The smallest absolute Gasteiger partial charge is 0.235 e. The van der Waals surface area contributed by atoms with Crippen molar-refractivity contribution in [1.82, 2.24) is 0 Å². The lowest BCUT2D eigenvalue weighted by atomic mass is 10.3. The summed E-state index contributed by atoms with van der Waals surface area (Å²) in [5.41, 5.74) is 0. The van der Waals surface area contributed by atoms with Crippen LogP contribution in [0.4, 0.5) is 4.39 Å². The standard InChI is InChI=1S/C8H7Cl2FO3S/c9-6-1-2-8(7(11)5-6)14-3-4-15(10,12)13/h1-2,5H,3-4H2. The van der Waals surface area contributed by atoms with Gasteiger partial charge in [0.1, 0.15) is 6.61 Å². The molecule has 0 radical (unpaired) electrons. The van der Waals surface area contributed by atoms with Crippen LogP contribution in [0.3, 0.4) is 0 Å². The molecule has 0 aromatic heterocycles. The van der Waals surface area contributed by atoms with Gasteiger partial charge in [-0.05, 0) is 18.2 Å². The van der Waals surface area contributed by atoms with Crippen molar-refractivity contribution >= 4 is 31.3 Å². The van der Waals surface area contributed by atoms with Gasteiger partial charge in [-0.25, -0.2) is 12.8 Å². The molecule has 1 rings (SSSR count). The van der Waals surface area contributed by atoms with Crippen LogP contribution in [0.25, 0.3) is 0 Å². The van der Waals surface area contributed by atoms with Crippen LogP contribution in [0.5, 0.6) is 5.75 Å². The van der Waals surface area contributed by atoms with Crippen molar-refractivity contribution in [2.45, 2.75) is 0 Å². The highest BCUT2D eigenvalue weighted by Gasteiger charge is 2.08. The van der Waals surface area contributed by atoms with E-state index >= 15 is 0 Å². The molecule has 0 aliphatic heterocycles. The van der Waals surface area contributed by atoms with Gasteiger partial charge in [0.15, 0.2) is 11.6 Å². The van der Waals surface area contributed by atoms with E-state index in [-0.39, 0.29) is 23.1 Å². The number of hydrogen-bond donors (Lipinski definition) is 0. The molecule has 0 heterocycles. The van der Waals surface area contributed by atoms with Gasteiger partial charge in [-0.15, -0.1) is 0 Å². The Labute approximate surface area is 96.2 Å². The average molecular weight is 273 g/mol. The SMILES string of the molecule is O=S(=O)(Cl)CCOc1ccc(Cl)cc1F. The van der Waals surface area contributed by atoms with Gasteiger partial charge in [-0.1, -0.05) is 11.6 Å². The zero-order valence-corrected chi connectivity index (χ0v) is 9.74. The second-order valence-electron chi connectivity index (χ2n) is 2.67. The van der Waals surface area contributed by atoms with Gasteiger partial charge in [-0.3, -0.25) is 0 Å². The molecule has 0 unspecified atom stereocenters. The first-order valence-electron chi connectivity index (χ1n) is 3.89. The maximum absolute atomic E-state index is 13.1. The van der Waals surface area contributed by atoms with Crippen molar-refractivity contribution in [3.05, 3.63) is 29.0 Å². The van der Waals surface area contributed by atoms with E-state index in [1.54, 1.807) is 0 Å². The van der Waals surface area contributed by atoms with E-state index in [1.807, 2.05) is 0 Å². The quantitative estimate of drug-likeness (QED) is 0.791. The van der Waals surface area contributed by atoms with E-state index in [9.17, 15) is 12.8 Å². The lowest BCUT2D eigenvalue weighted by molar-refractivity contribution is 0.323. The van der Waals surface area contributed by atoms with Crippen molar-refractivity contribution < 1.29 is 17.5 Å². The van der Waals surface area contributed by atoms with Crippen LogP contribution in [0, 0.1) is 5.82 Å². The zero-order chi connectivity index (χ0) is 11.5. The van der Waals surface area contributed by atoms with Gasteiger partial charge in [0.05, 0.1) is 5.75 Å². The van der Waals surface area contributed by atoms with E-state index in [1.165, 1.54) is 12.1 Å². The molecule has 1 aromatic carbocycles. The molecule has 0 saturated carbocycles. The summed E-state index contributed by atoms with van der Waals surface area (Å²) in [6.07, 6.45) is 0. The van der Waals surface area contributed by atoms with Crippen molar-refractivity contribution in [2.24, 2.45) is 0 Å². The fourth-order valence-electron chi connectivity index (χ4n) is 0.843. The lowest BCUT2D eigenvalue weighted by Crippen LogP contribution is -2.09. The first kappa shape index (κ1) is 12.5. The molecule has 84 valence electrons. The molecule has 0 aliphatic carbocycles. The summed E-state index contributed by atoms with van der Waals surface area (Å²) in [4.78, 5) is 0. The topological polar surface area (TPSA) is 43.4 Å². The van der Waals surface area contributed by atoms with E-state index in [0.29, 0.717) is 0 Å². The lowest BCUT2D eigenvalue weighted by Gasteiger charge is -2.05. The highest BCUT2D eigenvalue weighted by Crippen LogP contribution is 2.20. The Morgan fingerprint density at radius 3 is 2.60 bits per heavy atom. The van der Waals surface area contributed by atoms with Crippen LogP contribution in [0.1, 0.15) is 0 Å². The average Bonchev–Trinajstić information content (AvgIpc) is 2.07. The van der Waals surface area contributed by atoms with Gasteiger partial charge in [-0.2, -0.15) is 0 Å². The second-order valence-corrected chi connectivity index (χ2v) is 6.00. The van der Waals surface area contributed by atoms with Crippen molar-refractivity contribution in [1.29, 1.82) is 0 Å². The van der Waals surface area contributed by atoms with Crippen LogP contribution in [-0.2, 0) is 9.05 Å². The van der Waals surface area contributed by atoms with E-state index in [0.717, 1.165) is 6.07 Å². The first-order valence-corrected chi connectivity index (χ1v) is 6.74. The molecule has 15 heavy (non-hydrogen) atoms. The molecule has 0 fully saturated rings. The molecule has 0 spiro atoms. The van der Waals surface area contributed by atoms with Crippen molar-refractivity contribution in [3.8, 4) is 5.75 Å². The molecule has 7 heteroatoms. The predicted octanol–water partition coefficient (Wildman–Crippen LogP) is 2.43. The third-order valence-electron chi connectivity index (χ3n) is 1.48. The Balaban J connectivity index is 2.59. The molecule has 0 aliphatic rings. The maximum Gasteiger partial charge on any atom is 0.235 e. The fourth-order valence-corrected chi connectivity index (χ4v) is 1.47. The summed E-state index contributed by atoms with van der Waals surface area (Å²) in [5, 5.41) is 0.241.